The van der Waals surface area contributed by atoms with Crippen molar-refractivity contribution >= 4 is 17.2 Å². The molecule has 104 valence electrons. The highest BCUT2D eigenvalue weighted by atomic mass is 32.1. The summed E-state index contributed by atoms with van der Waals surface area (Å²) in [6, 6.07) is 0.856. The molecule has 0 bridgehead atoms. The molecule has 1 aliphatic carbocycles. The maximum absolute atomic E-state index is 5.82. The van der Waals surface area contributed by atoms with Gasteiger partial charge in [-0.1, -0.05) is 38.9 Å². The fourth-order valence-corrected chi connectivity index (χ4v) is 3.65. The minimum Gasteiger partial charge on any atom is -0.393 e. The van der Waals surface area contributed by atoms with Crippen molar-refractivity contribution in [3.05, 3.63) is 0 Å². The molecule has 2 nitrogen and oxygen atoms in total. The molecule has 0 amide bonds. The van der Waals surface area contributed by atoms with Crippen molar-refractivity contribution < 1.29 is 0 Å². The predicted molar refractivity (Wildman–Crippen MR) is 81.7 cm³/mol. The highest BCUT2D eigenvalue weighted by Gasteiger charge is 2.34. The Labute approximate surface area is 117 Å². The largest absolute Gasteiger partial charge is 0.393 e. The molecule has 1 atom stereocenters. The van der Waals surface area contributed by atoms with Crippen molar-refractivity contribution in [2.24, 2.45) is 17.1 Å². The van der Waals surface area contributed by atoms with Crippen LogP contribution < -0.4 is 5.73 Å². The number of hydrogen-bond donors (Lipinski definition) is 1. The fraction of sp³-hybridized carbons (Fsp3) is 0.933. The summed E-state index contributed by atoms with van der Waals surface area (Å²) < 4.78 is 0. The monoisotopic (exact) mass is 268 g/mol. The molecule has 1 aliphatic heterocycles. The van der Waals surface area contributed by atoms with Gasteiger partial charge in [0.2, 0.25) is 0 Å². The Hall–Kier alpha value is -0.150. The topological polar surface area (TPSA) is 29.3 Å². The summed E-state index contributed by atoms with van der Waals surface area (Å²) in [4.78, 5) is 3.38. The van der Waals surface area contributed by atoms with Crippen LogP contribution in [0.25, 0.3) is 0 Å². The minimum atomic E-state index is 0.0121. The lowest BCUT2D eigenvalue weighted by molar-refractivity contribution is 0.176. The zero-order valence-corrected chi connectivity index (χ0v) is 12.8. The van der Waals surface area contributed by atoms with Crippen molar-refractivity contribution in [2.45, 2.75) is 64.8 Å². The van der Waals surface area contributed by atoms with Crippen molar-refractivity contribution in [3.8, 4) is 0 Å². The summed E-state index contributed by atoms with van der Waals surface area (Å²) in [5, 5.41) is 0. The standard InChI is InChI=1S/C15H28N2S/c1-15(2,14(16)18)9-11-17-10-5-8-13(17)12-6-3-4-7-12/h12-13H,3-11H2,1-2H3,(H2,16,18). The predicted octanol–water partition coefficient (Wildman–Crippen LogP) is 3.34. The van der Waals surface area contributed by atoms with E-state index >= 15 is 0 Å². The molecule has 0 aromatic rings. The highest BCUT2D eigenvalue weighted by molar-refractivity contribution is 7.80. The van der Waals surface area contributed by atoms with Gasteiger partial charge in [0, 0.05) is 11.5 Å². The van der Waals surface area contributed by atoms with E-state index < -0.39 is 0 Å². The van der Waals surface area contributed by atoms with Crippen molar-refractivity contribution in [2.75, 3.05) is 13.1 Å². The lowest BCUT2D eigenvalue weighted by atomic mass is 9.88. The Morgan fingerprint density at radius 2 is 1.89 bits per heavy atom. The van der Waals surface area contributed by atoms with E-state index in [-0.39, 0.29) is 5.41 Å². The van der Waals surface area contributed by atoms with E-state index in [1.807, 2.05) is 0 Å². The van der Waals surface area contributed by atoms with Crippen molar-refractivity contribution in [1.82, 2.24) is 4.90 Å². The third-order valence-electron chi connectivity index (χ3n) is 5.05. The van der Waals surface area contributed by atoms with E-state index in [4.69, 9.17) is 18.0 Å². The van der Waals surface area contributed by atoms with Gasteiger partial charge in [-0.05, 0) is 51.1 Å². The van der Waals surface area contributed by atoms with E-state index in [9.17, 15) is 0 Å². The van der Waals surface area contributed by atoms with Gasteiger partial charge in [-0.25, -0.2) is 0 Å². The minimum absolute atomic E-state index is 0.0121. The molecule has 1 unspecified atom stereocenters. The summed E-state index contributed by atoms with van der Waals surface area (Å²) in [6.07, 6.45) is 9.72. The molecule has 18 heavy (non-hydrogen) atoms. The van der Waals surface area contributed by atoms with Crippen LogP contribution in [0.4, 0.5) is 0 Å². The molecule has 2 aliphatic rings. The first-order valence-electron chi connectivity index (χ1n) is 7.55. The van der Waals surface area contributed by atoms with Crippen LogP contribution in [-0.4, -0.2) is 29.0 Å². The summed E-state index contributed by atoms with van der Waals surface area (Å²) in [6.45, 7) is 6.81. The lowest BCUT2D eigenvalue weighted by Gasteiger charge is -2.32. The van der Waals surface area contributed by atoms with Gasteiger partial charge in [0.15, 0.2) is 0 Å². The molecule has 2 rings (SSSR count). The first kappa shape index (κ1) is 14.3. The molecule has 1 saturated carbocycles. The molecule has 1 saturated heterocycles. The van der Waals surface area contributed by atoms with Crippen LogP contribution in [0.3, 0.4) is 0 Å². The van der Waals surface area contributed by atoms with E-state index in [1.165, 1.54) is 51.6 Å². The summed E-state index contributed by atoms with van der Waals surface area (Å²) in [7, 11) is 0. The van der Waals surface area contributed by atoms with E-state index in [0.717, 1.165) is 18.4 Å². The van der Waals surface area contributed by atoms with Crippen LogP contribution in [0.2, 0.25) is 0 Å². The Kier molecular flexibility index (Phi) is 4.65. The zero-order valence-electron chi connectivity index (χ0n) is 12.0. The average molecular weight is 268 g/mol. The second kappa shape index (κ2) is 5.87. The summed E-state index contributed by atoms with van der Waals surface area (Å²) >= 11 is 5.17. The van der Waals surface area contributed by atoms with Crippen LogP contribution in [0.5, 0.6) is 0 Å². The van der Waals surface area contributed by atoms with Crippen LogP contribution in [0.1, 0.15) is 58.8 Å². The third kappa shape index (κ3) is 3.24. The number of likely N-dealkylation sites (tertiary alicyclic amines) is 1. The smallest absolute Gasteiger partial charge is 0.0784 e. The van der Waals surface area contributed by atoms with Gasteiger partial charge in [0.1, 0.15) is 0 Å². The van der Waals surface area contributed by atoms with Crippen molar-refractivity contribution in [3.63, 3.8) is 0 Å². The molecule has 2 fully saturated rings. The zero-order chi connectivity index (χ0) is 13.2. The van der Waals surface area contributed by atoms with Crippen LogP contribution in [0, 0.1) is 11.3 Å². The highest BCUT2D eigenvalue weighted by Crippen LogP contribution is 2.36. The second-order valence-corrected chi connectivity index (χ2v) is 7.23. The number of nitrogens with two attached hydrogens (primary N) is 1. The number of thiocarbonyl (C=S) groups is 1. The summed E-state index contributed by atoms with van der Waals surface area (Å²) in [5.74, 6) is 0.973. The SMILES string of the molecule is CC(C)(CCN1CCCC1C1CCCC1)C(N)=S. The van der Waals surface area contributed by atoms with Gasteiger partial charge >= 0.3 is 0 Å². The average Bonchev–Trinajstić information content (AvgIpc) is 2.96. The molecule has 0 radical (unpaired) electrons. The first-order chi connectivity index (χ1) is 8.50. The van der Waals surface area contributed by atoms with Gasteiger partial charge in [0.05, 0.1) is 4.99 Å². The Morgan fingerprint density at radius 3 is 2.50 bits per heavy atom. The van der Waals surface area contributed by atoms with Gasteiger partial charge < -0.3 is 10.6 Å². The van der Waals surface area contributed by atoms with Gasteiger partial charge in [0.25, 0.3) is 0 Å². The Bertz CT molecular complexity index is 295. The molecule has 3 heteroatoms. The summed E-state index contributed by atoms with van der Waals surface area (Å²) in [5.41, 5.74) is 5.84. The molecule has 1 heterocycles. The Morgan fingerprint density at radius 1 is 1.22 bits per heavy atom. The molecule has 0 aromatic heterocycles. The second-order valence-electron chi connectivity index (χ2n) is 6.79. The maximum Gasteiger partial charge on any atom is 0.0784 e. The quantitative estimate of drug-likeness (QED) is 0.775. The van der Waals surface area contributed by atoms with Gasteiger partial charge in [-0.3, -0.25) is 0 Å². The molecule has 0 spiro atoms. The molecule has 2 N–H and O–H groups in total. The number of rotatable bonds is 5. The number of hydrogen-bond acceptors (Lipinski definition) is 2. The van der Waals surface area contributed by atoms with Crippen molar-refractivity contribution in [1.29, 1.82) is 0 Å². The van der Waals surface area contributed by atoms with Crippen LogP contribution in [0.15, 0.2) is 0 Å². The maximum atomic E-state index is 5.82. The molecular weight excluding hydrogens is 240 g/mol. The normalized spacial score (nSPS) is 26.9. The van der Waals surface area contributed by atoms with E-state index in [0.29, 0.717) is 4.99 Å². The van der Waals surface area contributed by atoms with E-state index in [2.05, 4.69) is 18.7 Å². The van der Waals surface area contributed by atoms with Gasteiger partial charge in [-0.2, -0.15) is 0 Å². The van der Waals surface area contributed by atoms with Gasteiger partial charge in [-0.15, -0.1) is 0 Å². The molecular formula is C15H28N2S. The van der Waals surface area contributed by atoms with Crippen LogP contribution in [-0.2, 0) is 0 Å². The molecule has 0 aromatic carbocycles. The first-order valence-corrected chi connectivity index (χ1v) is 7.95. The van der Waals surface area contributed by atoms with Crippen LogP contribution >= 0.6 is 12.2 Å². The van der Waals surface area contributed by atoms with E-state index in [1.54, 1.807) is 0 Å². The Balaban J connectivity index is 1.86. The number of nitrogens with zero attached hydrogens (tertiary/aromatic N) is 1. The fourth-order valence-electron chi connectivity index (χ4n) is 3.55. The lowest BCUT2D eigenvalue weighted by Crippen LogP contribution is -2.39. The third-order valence-corrected chi connectivity index (χ3v) is 5.60.